The lowest BCUT2D eigenvalue weighted by atomic mass is 10.2. The Morgan fingerprint density at radius 3 is 2.71 bits per heavy atom. The fraction of sp³-hybridized carbons (Fsp3) is 0.0625. The van der Waals surface area contributed by atoms with E-state index in [1.165, 1.54) is 35.0 Å². The SMILES string of the molecule is Fc1cccc(Cl)c1C=Nn1cnnc1SCc1ccc(Cl)cc1. The summed E-state index contributed by atoms with van der Waals surface area (Å²) in [7, 11) is 0. The molecule has 0 unspecified atom stereocenters. The highest BCUT2D eigenvalue weighted by Crippen LogP contribution is 2.22. The van der Waals surface area contributed by atoms with Crippen LogP contribution in [0.2, 0.25) is 10.0 Å². The zero-order chi connectivity index (χ0) is 16.9. The second-order valence-electron chi connectivity index (χ2n) is 4.75. The average molecular weight is 381 g/mol. The minimum absolute atomic E-state index is 0.224. The first kappa shape index (κ1) is 17.0. The van der Waals surface area contributed by atoms with Gasteiger partial charge in [-0.1, -0.05) is 53.2 Å². The minimum atomic E-state index is -0.435. The van der Waals surface area contributed by atoms with Gasteiger partial charge in [0, 0.05) is 16.3 Å². The van der Waals surface area contributed by atoms with Crippen molar-refractivity contribution in [3.05, 3.63) is 75.8 Å². The molecule has 0 atom stereocenters. The van der Waals surface area contributed by atoms with Crippen LogP contribution in [0.5, 0.6) is 0 Å². The number of nitrogens with zero attached hydrogens (tertiary/aromatic N) is 4. The maximum atomic E-state index is 13.7. The zero-order valence-electron chi connectivity index (χ0n) is 12.2. The molecule has 0 bridgehead atoms. The highest BCUT2D eigenvalue weighted by Gasteiger charge is 2.07. The maximum Gasteiger partial charge on any atom is 0.212 e. The van der Waals surface area contributed by atoms with Crippen LogP contribution < -0.4 is 0 Å². The van der Waals surface area contributed by atoms with Crippen molar-refractivity contribution in [3.8, 4) is 0 Å². The van der Waals surface area contributed by atoms with E-state index < -0.39 is 5.82 Å². The summed E-state index contributed by atoms with van der Waals surface area (Å²) < 4.78 is 15.2. The van der Waals surface area contributed by atoms with Gasteiger partial charge in [-0.3, -0.25) is 0 Å². The first-order chi connectivity index (χ1) is 11.6. The average Bonchev–Trinajstić information content (AvgIpc) is 3.01. The van der Waals surface area contributed by atoms with Crippen LogP contribution in [-0.2, 0) is 5.75 Å². The molecule has 0 fully saturated rings. The molecule has 0 spiro atoms. The molecule has 24 heavy (non-hydrogen) atoms. The normalized spacial score (nSPS) is 11.3. The molecule has 0 aliphatic carbocycles. The third kappa shape index (κ3) is 4.14. The number of rotatable bonds is 5. The van der Waals surface area contributed by atoms with Crippen molar-refractivity contribution in [3.63, 3.8) is 0 Å². The van der Waals surface area contributed by atoms with Gasteiger partial charge in [-0.25, -0.2) is 4.39 Å². The second-order valence-corrected chi connectivity index (χ2v) is 6.54. The van der Waals surface area contributed by atoms with Crippen molar-refractivity contribution in [2.75, 3.05) is 0 Å². The van der Waals surface area contributed by atoms with E-state index in [1.54, 1.807) is 12.1 Å². The predicted molar refractivity (Wildman–Crippen MR) is 95.4 cm³/mol. The molecule has 2 aromatic carbocycles. The van der Waals surface area contributed by atoms with E-state index in [1.807, 2.05) is 24.3 Å². The van der Waals surface area contributed by atoms with Crippen LogP contribution in [0.15, 0.2) is 59.0 Å². The molecule has 3 aromatic rings. The summed E-state index contributed by atoms with van der Waals surface area (Å²) in [6.45, 7) is 0. The standard InChI is InChI=1S/C16H11Cl2FN4S/c17-12-6-4-11(5-7-12)9-24-16-22-20-10-23(16)21-8-13-14(18)2-1-3-15(13)19/h1-8,10H,9H2. The van der Waals surface area contributed by atoms with E-state index in [2.05, 4.69) is 15.3 Å². The Bertz CT molecular complexity index is 845. The van der Waals surface area contributed by atoms with Gasteiger partial charge in [-0.15, -0.1) is 10.2 Å². The fourth-order valence-electron chi connectivity index (χ4n) is 1.88. The molecule has 4 nitrogen and oxygen atoms in total. The summed E-state index contributed by atoms with van der Waals surface area (Å²) in [5.41, 5.74) is 1.32. The van der Waals surface area contributed by atoms with Crippen molar-refractivity contribution in [1.29, 1.82) is 0 Å². The van der Waals surface area contributed by atoms with E-state index in [0.717, 1.165) is 5.56 Å². The molecule has 1 aromatic heterocycles. The van der Waals surface area contributed by atoms with Crippen molar-refractivity contribution < 1.29 is 4.39 Å². The van der Waals surface area contributed by atoms with E-state index in [0.29, 0.717) is 21.0 Å². The summed E-state index contributed by atoms with van der Waals surface area (Å²) in [6, 6.07) is 12.0. The number of thioether (sulfide) groups is 1. The summed E-state index contributed by atoms with van der Waals surface area (Å²) in [5, 5.41) is 13.6. The quantitative estimate of drug-likeness (QED) is 0.467. The van der Waals surface area contributed by atoms with Crippen LogP contribution >= 0.6 is 35.0 Å². The molecule has 0 N–H and O–H groups in total. The third-order valence-electron chi connectivity index (χ3n) is 3.09. The van der Waals surface area contributed by atoms with E-state index in [4.69, 9.17) is 23.2 Å². The lowest BCUT2D eigenvalue weighted by Crippen LogP contribution is -1.95. The van der Waals surface area contributed by atoms with E-state index in [9.17, 15) is 4.39 Å². The molecule has 8 heteroatoms. The smallest absolute Gasteiger partial charge is 0.206 e. The molecule has 122 valence electrons. The topological polar surface area (TPSA) is 43.1 Å². The van der Waals surface area contributed by atoms with Crippen molar-refractivity contribution in [2.24, 2.45) is 5.10 Å². The van der Waals surface area contributed by atoms with E-state index >= 15 is 0 Å². The van der Waals surface area contributed by atoms with Crippen molar-refractivity contribution >= 4 is 41.2 Å². The van der Waals surface area contributed by atoms with Gasteiger partial charge in [0.05, 0.1) is 11.2 Å². The fourth-order valence-corrected chi connectivity index (χ4v) is 3.03. The van der Waals surface area contributed by atoms with Crippen LogP contribution in [-0.4, -0.2) is 21.1 Å². The first-order valence-corrected chi connectivity index (χ1v) is 8.63. The number of aromatic nitrogens is 3. The van der Waals surface area contributed by atoms with Crippen LogP contribution in [0.1, 0.15) is 11.1 Å². The number of benzene rings is 2. The highest BCUT2D eigenvalue weighted by atomic mass is 35.5. The Morgan fingerprint density at radius 1 is 1.17 bits per heavy atom. The molecule has 3 rings (SSSR count). The van der Waals surface area contributed by atoms with Gasteiger partial charge in [-0.05, 0) is 29.8 Å². The van der Waals surface area contributed by atoms with Crippen LogP contribution in [0.3, 0.4) is 0 Å². The number of hydrogen-bond acceptors (Lipinski definition) is 4. The van der Waals surface area contributed by atoms with Crippen molar-refractivity contribution in [2.45, 2.75) is 10.9 Å². The van der Waals surface area contributed by atoms with Gasteiger partial charge in [0.1, 0.15) is 12.1 Å². The summed E-state index contributed by atoms with van der Waals surface area (Å²) in [5.74, 6) is 0.251. The van der Waals surface area contributed by atoms with Crippen LogP contribution in [0.25, 0.3) is 0 Å². The van der Waals surface area contributed by atoms with Gasteiger partial charge in [0.2, 0.25) is 5.16 Å². The van der Waals surface area contributed by atoms with Crippen molar-refractivity contribution in [1.82, 2.24) is 14.9 Å². The molecular weight excluding hydrogens is 370 g/mol. The second kappa shape index (κ2) is 7.79. The monoisotopic (exact) mass is 380 g/mol. The molecule has 0 aliphatic rings. The molecule has 0 radical (unpaired) electrons. The Labute approximate surface area is 152 Å². The molecular formula is C16H11Cl2FN4S. The van der Waals surface area contributed by atoms with Crippen LogP contribution in [0.4, 0.5) is 4.39 Å². The molecule has 0 aliphatic heterocycles. The molecule has 0 amide bonds. The third-order valence-corrected chi connectivity index (χ3v) is 4.68. The minimum Gasteiger partial charge on any atom is -0.206 e. The zero-order valence-corrected chi connectivity index (χ0v) is 14.6. The van der Waals surface area contributed by atoms with Gasteiger partial charge in [0.15, 0.2) is 0 Å². The summed E-state index contributed by atoms with van der Waals surface area (Å²) >= 11 is 13.3. The number of hydrogen-bond donors (Lipinski definition) is 0. The predicted octanol–water partition coefficient (Wildman–Crippen LogP) is 4.90. The van der Waals surface area contributed by atoms with Gasteiger partial charge in [-0.2, -0.15) is 9.78 Å². The molecule has 1 heterocycles. The van der Waals surface area contributed by atoms with Gasteiger partial charge in [0.25, 0.3) is 0 Å². The lowest BCUT2D eigenvalue weighted by molar-refractivity contribution is 0.625. The van der Waals surface area contributed by atoms with Crippen LogP contribution in [0, 0.1) is 5.82 Å². The lowest BCUT2D eigenvalue weighted by Gasteiger charge is -2.02. The largest absolute Gasteiger partial charge is 0.212 e. The van der Waals surface area contributed by atoms with E-state index in [-0.39, 0.29) is 5.56 Å². The Hall–Kier alpha value is -1.89. The van der Waals surface area contributed by atoms with Gasteiger partial charge < -0.3 is 0 Å². The first-order valence-electron chi connectivity index (χ1n) is 6.89. The molecule has 0 saturated carbocycles. The Balaban J connectivity index is 1.73. The Kier molecular flexibility index (Phi) is 5.50. The summed E-state index contributed by atoms with van der Waals surface area (Å²) in [6.07, 6.45) is 2.81. The molecule has 0 saturated heterocycles. The summed E-state index contributed by atoms with van der Waals surface area (Å²) in [4.78, 5) is 0. The van der Waals surface area contributed by atoms with Gasteiger partial charge >= 0.3 is 0 Å². The highest BCUT2D eigenvalue weighted by molar-refractivity contribution is 7.98. The number of halogens is 3. The maximum absolute atomic E-state index is 13.7. The Morgan fingerprint density at radius 2 is 1.96 bits per heavy atom.